The molecule has 0 aromatic heterocycles. The molecule has 14 heavy (non-hydrogen) atoms. The number of aliphatic carboxylic acids is 2. The maximum Gasteiger partial charge on any atom is 0.332 e. The molecule has 1 aliphatic rings. The molecular weight excluding hydrogens is 184 g/mol. The van der Waals surface area contributed by atoms with E-state index in [9.17, 15) is 9.59 Å². The van der Waals surface area contributed by atoms with Gasteiger partial charge in [0, 0.05) is 5.57 Å². The van der Waals surface area contributed by atoms with Crippen molar-refractivity contribution < 1.29 is 19.8 Å². The zero-order valence-electron chi connectivity index (χ0n) is 8.28. The molecule has 0 heterocycles. The van der Waals surface area contributed by atoms with Crippen LogP contribution in [0.15, 0.2) is 11.1 Å². The Hall–Kier alpha value is -1.32. The van der Waals surface area contributed by atoms with Crippen LogP contribution in [0.4, 0.5) is 0 Å². The van der Waals surface area contributed by atoms with Gasteiger partial charge >= 0.3 is 11.9 Å². The van der Waals surface area contributed by atoms with E-state index >= 15 is 0 Å². The maximum atomic E-state index is 10.9. The van der Waals surface area contributed by atoms with Crippen LogP contribution in [0.2, 0.25) is 0 Å². The van der Waals surface area contributed by atoms with Gasteiger partial charge in [-0.25, -0.2) is 9.59 Å². The molecule has 4 nitrogen and oxygen atoms in total. The van der Waals surface area contributed by atoms with E-state index in [0.717, 1.165) is 6.42 Å². The quantitative estimate of drug-likeness (QED) is 0.705. The minimum atomic E-state index is -1.10. The van der Waals surface area contributed by atoms with Crippen LogP contribution < -0.4 is 0 Å². The molecule has 0 spiro atoms. The highest BCUT2D eigenvalue weighted by Gasteiger charge is 2.31. The summed E-state index contributed by atoms with van der Waals surface area (Å²) in [6.45, 7) is 3.71. The van der Waals surface area contributed by atoms with E-state index in [2.05, 4.69) is 0 Å². The summed E-state index contributed by atoms with van der Waals surface area (Å²) in [5.41, 5.74) is 0.152. The van der Waals surface area contributed by atoms with E-state index in [1.807, 2.05) is 6.92 Å². The molecule has 2 atom stereocenters. The number of hydrogen-bond donors (Lipinski definition) is 2. The van der Waals surface area contributed by atoms with Crippen molar-refractivity contribution in [1.82, 2.24) is 0 Å². The molecule has 0 radical (unpaired) electrons. The van der Waals surface area contributed by atoms with Crippen LogP contribution >= 0.6 is 0 Å². The van der Waals surface area contributed by atoms with Gasteiger partial charge in [-0.15, -0.1) is 0 Å². The number of hydrogen-bond acceptors (Lipinski definition) is 2. The molecule has 0 amide bonds. The molecule has 0 bridgehead atoms. The number of carboxylic acids is 2. The first-order valence-electron chi connectivity index (χ1n) is 4.63. The second-order valence-electron chi connectivity index (χ2n) is 3.95. The minimum Gasteiger partial charge on any atom is -0.478 e. The molecule has 0 aromatic rings. The number of carboxylic acid groups (broad SMARTS) is 2. The first-order chi connectivity index (χ1) is 6.43. The maximum absolute atomic E-state index is 10.9. The average molecular weight is 198 g/mol. The fraction of sp³-hybridized carbons (Fsp3) is 0.600. The van der Waals surface area contributed by atoms with Crippen molar-refractivity contribution in [3.05, 3.63) is 11.1 Å². The van der Waals surface area contributed by atoms with Crippen molar-refractivity contribution in [3.63, 3.8) is 0 Å². The third-order valence-electron chi connectivity index (χ3n) is 2.61. The Bertz CT molecular complexity index is 303. The molecule has 0 saturated heterocycles. The van der Waals surface area contributed by atoms with E-state index in [1.54, 1.807) is 6.92 Å². The number of rotatable bonds is 2. The van der Waals surface area contributed by atoms with E-state index < -0.39 is 11.9 Å². The van der Waals surface area contributed by atoms with Crippen molar-refractivity contribution >= 4 is 11.9 Å². The standard InChI is InChI=1S/C10H14O4/c1-5-3-6(2)8(10(13)14)7(4-5)9(11)12/h5-6H,3-4H2,1-2H3,(H,11,12)(H,13,14). The molecule has 78 valence electrons. The predicted octanol–water partition coefficient (Wildman–Crippen LogP) is 1.52. The molecular formula is C10H14O4. The monoisotopic (exact) mass is 198 g/mol. The Morgan fingerprint density at radius 1 is 1.21 bits per heavy atom. The summed E-state index contributed by atoms with van der Waals surface area (Å²) in [6.07, 6.45) is 1.11. The Kier molecular flexibility index (Phi) is 2.93. The summed E-state index contributed by atoms with van der Waals surface area (Å²) in [6, 6.07) is 0. The fourth-order valence-corrected chi connectivity index (χ4v) is 2.10. The highest BCUT2D eigenvalue weighted by atomic mass is 16.4. The van der Waals surface area contributed by atoms with E-state index in [0.29, 0.717) is 6.42 Å². The molecule has 0 aliphatic heterocycles. The van der Waals surface area contributed by atoms with Crippen LogP contribution in [-0.2, 0) is 9.59 Å². The molecule has 0 saturated carbocycles. The van der Waals surface area contributed by atoms with Crippen molar-refractivity contribution in [1.29, 1.82) is 0 Å². The molecule has 1 rings (SSSR count). The largest absolute Gasteiger partial charge is 0.478 e. The SMILES string of the molecule is CC1CC(C(=O)O)=C(C(=O)O)C(C)C1. The first-order valence-corrected chi connectivity index (χ1v) is 4.63. The molecule has 2 N–H and O–H groups in total. The normalized spacial score (nSPS) is 27.6. The lowest BCUT2D eigenvalue weighted by Crippen LogP contribution is -2.24. The van der Waals surface area contributed by atoms with Gasteiger partial charge in [0.2, 0.25) is 0 Å². The van der Waals surface area contributed by atoms with Gasteiger partial charge < -0.3 is 10.2 Å². The van der Waals surface area contributed by atoms with Gasteiger partial charge in [-0.3, -0.25) is 0 Å². The van der Waals surface area contributed by atoms with E-state index in [4.69, 9.17) is 10.2 Å². The van der Waals surface area contributed by atoms with Gasteiger partial charge in [-0.2, -0.15) is 0 Å². The van der Waals surface area contributed by atoms with Gasteiger partial charge in [0.25, 0.3) is 0 Å². The van der Waals surface area contributed by atoms with Crippen LogP contribution in [0.3, 0.4) is 0 Å². The number of carbonyl (C=O) groups is 2. The second-order valence-corrected chi connectivity index (χ2v) is 3.95. The first kappa shape index (κ1) is 10.8. The Balaban J connectivity index is 3.15. The predicted molar refractivity (Wildman–Crippen MR) is 49.9 cm³/mol. The van der Waals surface area contributed by atoms with Gasteiger partial charge in [0.1, 0.15) is 0 Å². The molecule has 0 fully saturated rings. The van der Waals surface area contributed by atoms with Crippen LogP contribution in [0, 0.1) is 11.8 Å². The van der Waals surface area contributed by atoms with Gasteiger partial charge in [-0.1, -0.05) is 13.8 Å². The van der Waals surface area contributed by atoms with Gasteiger partial charge in [-0.05, 0) is 24.7 Å². The van der Waals surface area contributed by atoms with Crippen LogP contribution in [0.25, 0.3) is 0 Å². The highest BCUT2D eigenvalue weighted by molar-refractivity contribution is 5.99. The van der Waals surface area contributed by atoms with Gasteiger partial charge in [0.15, 0.2) is 0 Å². The lowest BCUT2D eigenvalue weighted by Gasteiger charge is -2.25. The second kappa shape index (κ2) is 3.82. The van der Waals surface area contributed by atoms with Crippen molar-refractivity contribution in [2.24, 2.45) is 11.8 Å². The fourth-order valence-electron chi connectivity index (χ4n) is 2.10. The third kappa shape index (κ3) is 1.95. The van der Waals surface area contributed by atoms with Crippen molar-refractivity contribution in [3.8, 4) is 0 Å². The zero-order chi connectivity index (χ0) is 10.9. The summed E-state index contributed by atoms with van der Waals surface area (Å²) in [5.74, 6) is -2.11. The van der Waals surface area contributed by atoms with Crippen LogP contribution in [-0.4, -0.2) is 22.2 Å². The summed E-state index contributed by atoms with van der Waals surface area (Å²) in [7, 11) is 0. The Morgan fingerprint density at radius 3 is 2.21 bits per heavy atom. The van der Waals surface area contributed by atoms with Crippen molar-refractivity contribution in [2.75, 3.05) is 0 Å². The molecule has 2 unspecified atom stereocenters. The minimum absolute atomic E-state index is 0.0729. The summed E-state index contributed by atoms with van der Waals surface area (Å²) in [4.78, 5) is 21.7. The van der Waals surface area contributed by atoms with E-state index in [1.165, 1.54) is 0 Å². The smallest absolute Gasteiger partial charge is 0.332 e. The van der Waals surface area contributed by atoms with Crippen molar-refractivity contribution in [2.45, 2.75) is 26.7 Å². The zero-order valence-corrected chi connectivity index (χ0v) is 8.28. The third-order valence-corrected chi connectivity index (χ3v) is 2.61. The molecule has 1 aliphatic carbocycles. The average Bonchev–Trinajstić information content (AvgIpc) is 2.01. The van der Waals surface area contributed by atoms with Crippen LogP contribution in [0.1, 0.15) is 26.7 Å². The van der Waals surface area contributed by atoms with Crippen LogP contribution in [0.5, 0.6) is 0 Å². The van der Waals surface area contributed by atoms with E-state index in [-0.39, 0.29) is 23.0 Å². The topological polar surface area (TPSA) is 74.6 Å². The van der Waals surface area contributed by atoms with Gasteiger partial charge in [0.05, 0.1) is 5.57 Å². The summed E-state index contributed by atoms with van der Waals surface area (Å²) in [5, 5.41) is 17.8. The molecule has 4 heteroatoms. The Labute approximate surface area is 82.2 Å². The molecule has 0 aromatic carbocycles. The lowest BCUT2D eigenvalue weighted by atomic mass is 9.78. The summed E-state index contributed by atoms with van der Waals surface area (Å²) >= 11 is 0. The summed E-state index contributed by atoms with van der Waals surface area (Å²) < 4.78 is 0. The highest BCUT2D eigenvalue weighted by Crippen LogP contribution is 2.33. The lowest BCUT2D eigenvalue weighted by molar-refractivity contribution is -0.137. The Morgan fingerprint density at radius 2 is 1.79 bits per heavy atom.